The average Bonchev–Trinajstić information content (AvgIpc) is 3.12. The second-order valence-electron chi connectivity index (χ2n) is 7.50. The Morgan fingerprint density at radius 3 is 2.48 bits per heavy atom. The van der Waals surface area contributed by atoms with E-state index in [1.807, 2.05) is 18.2 Å². The maximum atomic E-state index is 12.1. The summed E-state index contributed by atoms with van der Waals surface area (Å²) in [5.74, 6) is -0.677. The van der Waals surface area contributed by atoms with Gasteiger partial charge in [0, 0.05) is 46.2 Å². The molecule has 0 spiro atoms. The molecule has 1 aromatic heterocycles. The number of para-hydroxylation sites is 1. The zero-order valence-corrected chi connectivity index (χ0v) is 19.5. The van der Waals surface area contributed by atoms with Crippen LogP contribution in [0.3, 0.4) is 0 Å². The molecule has 0 atom stereocenters. The summed E-state index contributed by atoms with van der Waals surface area (Å²) >= 11 is 11.9. The number of carbonyl (C=O) groups excluding carboxylic acids is 2. The molecular formula is C25H22Cl2N4O2. The number of anilines is 1. The molecule has 4 rings (SSSR count). The number of hydrazone groups is 1. The number of rotatable bonds is 7. The number of fused-ring (bicyclic) bond motifs is 3. The first-order valence-corrected chi connectivity index (χ1v) is 11.3. The fraction of sp³-hybridized carbons (Fsp3) is 0.160. The molecule has 0 fully saturated rings. The summed E-state index contributed by atoms with van der Waals surface area (Å²) in [6, 6.07) is 19.2. The Morgan fingerprint density at radius 1 is 0.939 bits per heavy atom. The standard InChI is InChI=1S/C25H22Cl2N4O2/c1-2-31-22-6-4-3-5-18(22)19-13-16(7-10-23(19)31)15-28-30-25(33)12-11-24(32)29-21-9-8-17(26)14-20(21)27/h3-10,13-15H,2,11-12H2,1H3,(H,29,32)(H,30,33). The molecule has 4 aromatic rings. The summed E-state index contributed by atoms with van der Waals surface area (Å²) in [5, 5.41) is 9.84. The second-order valence-corrected chi connectivity index (χ2v) is 8.35. The molecule has 0 saturated heterocycles. The van der Waals surface area contributed by atoms with Gasteiger partial charge in [-0.3, -0.25) is 9.59 Å². The lowest BCUT2D eigenvalue weighted by molar-refractivity contribution is -0.124. The van der Waals surface area contributed by atoms with E-state index in [2.05, 4.69) is 51.6 Å². The first kappa shape index (κ1) is 22.8. The molecule has 6 nitrogen and oxygen atoms in total. The van der Waals surface area contributed by atoms with Crippen molar-refractivity contribution >= 4 is 68.7 Å². The van der Waals surface area contributed by atoms with Crippen LogP contribution in [0.25, 0.3) is 21.8 Å². The number of hydrogen-bond acceptors (Lipinski definition) is 3. The van der Waals surface area contributed by atoms with E-state index < -0.39 is 0 Å². The van der Waals surface area contributed by atoms with Crippen LogP contribution in [0.4, 0.5) is 5.69 Å². The fourth-order valence-corrected chi connectivity index (χ4v) is 4.21. The Balaban J connectivity index is 1.35. The highest BCUT2D eigenvalue weighted by atomic mass is 35.5. The zero-order chi connectivity index (χ0) is 23.4. The average molecular weight is 481 g/mol. The molecule has 2 amide bonds. The molecule has 0 aliphatic carbocycles. The lowest BCUT2D eigenvalue weighted by atomic mass is 10.1. The third-order valence-electron chi connectivity index (χ3n) is 5.30. The highest BCUT2D eigenvalue weighted by Crippen LogP contribution is 2.29. The van der Waals surface area contributed by atoms with Gasteiger partial charge in [-0.05, 0) is 48.9 Å². The van der Waals surface area contributed by atoms with Crippen LogP contribution in [0.1, 0.15) is 25.3 Å². The van der Waals surface area contributed by atoms with Gasteiger partial charge in [0.05, 0.1) is 16.9 Å². The van der Waals surface area contributed by atoms with Crippen molar-refractivity contribution in [3.05, 3.63) is 76.3 Å². The van der Waals surface area contributed by atoms with Gasteiger partial charge < -0.3 is 9.88 Å². The normalized spacial score (nSPS) is 11.4. The first-order chi connectivity index (χ1) is 16.0. The molecule has 0 aliphatic rings. The Morgan fingerprint density at radius 2 is 1.70 bits per heavy atom. The molecule has 33 heavy (non-hydrogen) atoms. The number of carbonyl (C=O) groups is 2. The van der Waals surface area contributed by atoms with Crippen LogP contribution >= 0.6 is 23.2 Å². The van der Waals surface area contributed by atoms with E-state index in [-0.39, 0.29) is 24.7 Å². The molecule has 3 aromatic carbocycles. The van der Waals surface area contributed by atoms with Gasteiger partial charge in [-0.2, -0.15) is 5.10 Å². The van der Waals surface area contributed by atoms with Crippen LogP contribution < -0.4 is 10.7 Å². The highest BCUT2D eigenvalue weighted by molar-refractivity contribution is 6.36. The number of halogens is 2. The predicted molar refractivity (Wildman–Crippen MR) is 135 cm³/mol. The number of nitrogens with zero attached hydrogens (tertiary/aromatic N) is 2. The van der Waals surface area contributed by atoms with E-state index >= 15 is 0 Å². The summed E-state index contributed by atoms with van der Waals surface area (Å²) in [6.07, 6.45) is 1.60. The van der Waals surface area contributed by atoms with Gasteiger partial charge in [0.2, 0.25) is 11.8 Å². The molecular weight excluding hydrogens is 459 g/mol. The van der Waals surface area contributed by atoms with E-state index in [4.69, 9.17) is 23.2 Å². The SMILES string of the molecule is CCn1c2ccccc2c2cc(C=NNC(=O)CCC(=O)Nc3ccc(Cl)cc3Cl)ccc21. The smallest absolute Gasteiger partial charge is 0.240 e. The third-order valence-corrected chi connectivity index (χ3v) is 5.85. The first-order valence-electron chi connectivity index (χ1n) is 10.5. The number of nitrogens with one attached hydrogen (secondary N) is 2. The Bertz CT molecular complexity index is 1380. The lowest BCUT2D eigenvalue weighted by Gasteiger charge is -2.07. The molecule has 8 heteroatoms. The van der Waals surface area contributed by atoms with Crippen LogP contribution in [0, 0.1) is 0 Å². The van der Waals surface area contributed by atoms with E-state index in [0.29, 0.717) is 15.7 Å². The molecule has 0 radical (unpaired) electrons. The van der Waals surface area contributed by atoms with Crippen molar-refractivity contribution in [2.45, 2.75) is 26.3 Å². The Labute approximate surface area is 201 Å². The molecule has 0 saturated carbocycles. The predicted octanol–water partition coefficient (Wildman–Crippen LogP) is 5.99. The van der Waals surface area contributed by atoms with Crippen molar-refractivity contribution in [2.24, 2.45) is 5.10 Å². The van der Waals surface area contributed by atoms with Crippen molar-refractivity contribution in [1.82, 2.24) is 9.99 Å². The molecule has 0 unspecified atom stereocenters. The number of aromatic nitrogens is 1. The van der Waals surface area contributed by atoms with Gasteiger partial charge in [-0.25, -0.2) is 5.43 Å². The summed E-state index contributed by atoms with van der Waals surface area (Å²) in [5.41, 5.74) is 6.14. The van der Waals surface area contributed by atoms with Crippen molar-refractivity contribution in [1.29, 1.82) is 0 Å². The number of aryl methyl sites for hydroxylation is 1. The highest BCUT2D eigenvalue weighted by Gasteiger charge is 2.10. The van der Waals surface area contributed by atoms with E-state index in [1.54, 1.807) is 18.3 Å². The van der Waals surface area contributed by atoms with Crippen molar-refractivity contribution in [2.75, 3.05) is 5.32 Å². The minimum Gasteiger partial charge on any atom is -0.341 e. The molecule has 0 aliphatic heterocycles. The number of hydrogen-bond donors (Lipinski definition) is 2. The summed E-state index contributed by atoms with van der Waals surface area (Å²) < 4.78 is 2.27. The minimum atomic E-state index is -0.354. The van der Waals surface area contributed by atoms with Crippen LogP contribution in [-0.4, -0.2) is 22.6 Å². The molecule has 0 bridgehead atoms. The minimum absolute atomic E-state index is 0.00257. The third kappa shape index (κ3) is 5.18. The second kappa shape index (κ2) is 10.1. The van der Waals surface area contributed by atoms with Gasteiger partial charge in [0.15, 0.2) is 0 Å². The van der Waals surface area contributed by atoms with Crippen LogP contribution in [0.5, 0.6) is 0 Å². The van der Waals surface area contributed by atoms with Crippen molar-refractivity contribution in [3.8, 4) is 0 Å². The molecule has 1 heterocycles. The zero-order valence-electron chi connectivity index (χ0n) is 17.9. The Kier molecular flexibility index (Phi) is 6.96. The fourth-order valence-electron chi connectivity index (χ4n) is 3.76. The molecule has 168 valence electrons. The number of benzene rings is 3. The molecule has 2 N–H and O–H groups in total. The van der Waals surface area contributed by atoms with Crippen molar-refractivity contribution < 1.29 is 9.59 Å². The van der Waals surface area contributed by atoms with Gasteiger partial charge >= 0.3 is 0 Å². The number of amides is 2. The topological polar surface area (TPSA) is 75.5 Å². The maximum Gasteiger partial charge on any atom is 0.240 e. The van der Waals surface area contributed by atoms with E-state index in [9.17, 15) is 9.59 Å². The van der Waals surface area contributed by atoms with Crippen LogP contribution in [0.15, 0.2) is 65.8 Å². The summed E-state index contributed by atoms with van der Waals surface area (Å²) in [7, 11) is 0. The summed E-state index contributed by atoms with van der Waals surface area (Å²) in [4.78, 5) is 24.2. The maximum absolute atomic E-state index is 12.1. The van der Waals surface area contributed by atoms with E-state index in [0.717, 1.165) is 23.0 Å². The van der Waals surface area contributed by atoms with Crippen molar-refractivity contribution in [3.63, 3.8) is 0 Å². The Hall–Kier alpha value is -3.35. The summed E-state index contributed by atoms with van der Waals surface area (Å²) in [6.45, 7) is 3.01. The largest absolute Gasteiger partial charge is 0.341 e. The van der Waals surface area contributed by atoms with E-state index in [1.165, 1.54) is 17.0 Å². The monoisotopic (exact) mass is 480 g/mol. The van der Waals surface area contributed by atoms with Gasteiger partial charge in [0.25, 0.3) is 0 Å². The quantitative estimate of drug-likeness (QED) is 0.251. The van der Waals surface area contributed by atoms with Crippen LogP contribution in [-0.2, 0) is 16.1 Å². The van der Waals surface area contributed by atoms with Crippen LogP contribution in [0.2, 0.25) is 10.0 Å². The van der Waals surface area contributed by atoms with Gasteiger partial charge in [-0.1, -0.05) is 47.5 Å². The lowest BCUT2D eigenvalue weighted by Crippen LogP contribution is -2.20. The van der Waals surface area contributed by atoms with Gasteiger partial charge in [0.1, 0.15) is 0 Å². The van der Waals surface area contributed by atoms with Gasteiger partial charge in [-0.15, -0.1) is 0 Å².